The van der Waals surface area contributed by atoms with Crippen LogP contribution >= 0.6 is 23.5 Å². The molecule has 0 spiro atoms. The Morgan fingerprint density at radius 1 is 0.839 bits per heavy atom. The van der Waals surface area contributed by atoms with Gasteiger partial charge in [0.1, 0.15) is 18.1 Å². The molecule has 12 heteroatoms. The van der Waals surface area contributed by atoms with E-state index in [-0.39, 0.29) is 12.3 Å². The number of carboxylic acids is 1. The molecule has 0 aromatic rings. The van der Waals surface area contributed by atoms with Gasteiger partial charge in [0.25, 0.3) is 0 Å². The average Bonchev–Trinajstić information content (AvgIpc) is 2.69. The summed E-state index contributed by atoms with van der Waals surface area (Å²) in [7, 11) is 0. The highest BCUT2D eigenvalue weighted by Gasteiger charge is 2.33. The van der Waals surface area contributed by atoms with Crippen LogP contribution in [0.3, 0.4) is 0 Å². The third-order valence-corrected chi connectivity index (χ3v) is 5.79. The lowest BCUT2D eigenvalue weighted by atomic mass is 10.0. The third-order valence-electron chi connectivity index (χ3n) is 4.50. The van der Waals surface area contributed by atoms with Crippen molar-refractivity contribution in [1.82, 2.24) is 16.0 Å². The zero-order chi connectivity index (χ0) is 24.1. The molecule has 5 atom stereocenters. The second kappa shape index (κ2) is 15.3. The lowest BCUT2D eigenvalue weighted by molar-refractivity contribution is -0.143. The molecule has 0 heterocycles. The van der Waals surface area contributed by atoms with Crippen molar-refractivity contribution in [3.63, 3.8) is 0 Å². The second-order valence-corrected chi connectivity index (χ2v) is 9.50. The number of nitrogens with two attached hydrogens (primary N) is 1. The Labute approximate surface area is 192 Å². The van der Waals surface area contributed by atoms with Crippen molar-refractivity contribution in [3.8, 4) is 0 Å². The van der Waals surface area contributed by atoms with Gasteiger partial charge < -0.3 is 31.9 Å². The third kappa shape index (κ3) is 11.1. The Morgan fingerprint density at radius 2 is 1.32 bits per heavy atom. The summed E-state index contributed by atoms with van der Waals surface area (Å²) in [6, 6.07) is -4.28. The molecule has 31 heavy (non-hydrogen) atoms. The zero-order valence-electron chi connectivity index (χ0n) is 18.7. The summed E-state index contributed by atoms with van der Waals surface area (Å²) in [4.78, 5) is 49.1. The van der Waals surface area contributed by atoms with Gasteiger partial charge in [-0.1, -0.05) is 13.8 Å². The summed E-state index contributed by atoms with van der Waals surface area (Å²) < 4.78 is 0. The number of hydrogen-bond donors (Lipinski definition) is 6. The molecular formula is C19H36N4O6S2. The second-order valence-electron chi connectivity index (χ2n) is 7.53. The largest absolute Gasteiger partial charge is 0.480 e. The van der Waals surface area contributed by atoms with E-state index in [1.807, 2.05) is 12.5 Å². The summed E-state index contributed by atoms with van der Waals surface area (Å²) in [5.41, 5.74) is 5.85. The molecule has 0 aromatic heterocycles. The maximum atomic E-state index is 12.8. The van der Waals surface area contributed by atoms with Crippen LogP contribution in [-0.4, -0.2) is 88.2 Å². The molecule has 0 rings (SSSR count). The van der Waals surface area contributed by atoms with E-state index < -0.39 is 54.0 Å². The van der Waals surface area contributed by atoms with E-state index >= 15 is 0 Å². The van der Waals surface area contributed by atoms with E-state index in [0.29, 0.717) is 17.9 Å². The van der Waals surface area contributed by atoms with Crippen molar-refractivity contribution >= 4 is 47.2 Å². The molecular weight excluding hydrogens is 444 g/mol. The average molecular weight is 481 g/mol. The maximum absolute atomic E-state index is 12.8. The number of aliphatic hydroxyl groups is 1. The van der Waals surface area contributed by atoms with Gasteiger partial charge in [-0.05, 0) is 49.7 Å². The van der Waals surface area contributed by atoms with Crippen LogP contribution < -0.4 is 21.7 Å². The van der Waals surface area contributed by atoms with Gasteiger partial charge in [-0.2, -0.15) is 23.5 Å². The van der Waals surface area contributed by atoms with Crippen LogP contribution in [0.5, 0.6) is 0 Å². The summed E-state index contributed by atoms with van der Waals surface area (Å²) >= 11 is 2.98. The van der Waals surface area contributed by atoms with Crippen molar-refractivity contribution in [3.05, 3.63) is 0 Å². The quantitative estimate of drug-likeness (QED) is 0.179. The maximum Gasteiger partial charge on any atom is 0.326 e. The molecule has 7 N–H and O–H groups in total. The number of nitrogens with one attached hydrogen (secondary N) is 3. The number of aliphatic carboxylic acids is 1. The van der Waals surface area contributed by atoms with Crippen molar-refractivity contribution in [2.75, 3.05) is 24.0 Å². The molecule has 10 nitrogen and oxygen atoms in total. The Balaban J connectivity index is 5.25. The molecule has 0 aromatic carbocycles. The van der Waals surface area contributed by atoms with Gasteiger partial charge in [0.2, 0.25) is 17.7 Å². The smallest absolute Gasteiger partial charge is 0.326 e. The molecule has 0 aliphatic rings. The van der Waals surface area contributed by atoms with Crippen LogP contribution in [0.1, 0.15) is 33.6 Å². The van der Waals surface area contributed by atoms with Gasteiger partial charge in [0, 0.05) is 0 Å². The van der Waals surface area contributed by atoms with Crippen molar-refractivity contribution in [2.24, 2.45) is 11.7 Å². The molecule has 0 saturated carbocycles. The van der Waals surface area contributed by atoms with E-state index in [2.05, 4.69) is 16.0 Å². The molecule has 0 aliphatic heterocycles. The number of hydrogen-bond acceptors (Lipinski definition) is 8. The highest BCUT2D eigenvalue weighted by molar-refractivity contribution is 7.98. The Bertz CT molecular complexity index is 606. The normalized spacial score (nSPS) is 16.0. The van der Waals surface area contributed by atoms with Gasteiger partial charge >= 0.3 is 5.97 Å². The fraction of sp³-hybridized carbons (Fsp3) is 0.789. The first-order valence-electron chi connectivity index (χ1n) is 10.0. The molecule has 180 valence electrons. The van der Waals surface area contributed by atoms with E-state index in [9.17, 15) is 29.4 Å². The topological polar surface area (TPSA) is 171 Å². The van der Waals surface area contributed by atoms with Gasteiger partial charge in [-0.25, -0.2) is 4.79 Å². The fourth-order valence-corrected chi connectivity index (χ4v) is 3.54. The van der Waals surface area contributed by atoms with Crippen LogP contribution in [-0.2, 0) is 19.2 Å². The minimum absolute atomic E-state index is 0.196. The molecule has 0 bridgehead atoms. The molecule has 3 amide bonds. The summed E-state index contributed by atoms with van der Waals surface area (Å²) in [6.45, 7) is 4.75. The van der Waals surface area contributed by atoms with Gasteiger partial charge in [0.05, 0.1) is 12.1 Å². The summed E-state index contributed by atoms with van der Waals surface area (Å²) in [6.07, 6.45) is 3.07. The van der Waals surface area contributed by atoms with Crippen molar-refractivity contribution < 1.29 is 29.4 Å². The highest BCUT2D eigenvalue weighted by atomic mass is 32.2. The van der Waals surface area contributed by atoms with Crippen LogP contribution in [0, 0.1) is 5.92 Å². The summed E-state index contributed by atoms with van der Waals surface area (Å²) in [5, 5.41) is 26.7. The van der Waals surface area contributed by atoms with Crippen molar-refractivity contribution in [2.45, 2.75) is 63.9 Å². The minimum Gasteiger partial charge on any atom is -0.480 e. The number of rotatable bonds is 15. The van der Waals surface area contributed by atoms with Crippen LogP contribution in [0.4, 0.5) is 0 Å². The standard InChI is InChI=1S/C19H36N4O6S2/c1-10(2)14(22-16(25)12(20)6-8-30-4)17(26)23-15(11(3)24)18(27)21-13(19(28)29)7-9-31-5/h10-15,24H,6-9,20H2,1-5H3,(H,21,27)(H,22,25)(H,23,26)(H,28,29). The van der Waals surface area contributed by atoms with Crippen LogP contribution in [0.15, 0.2) is 0 Å². The highest BCUT2D eigenvalue weighted by Crippen LogP contribution is 2.07. The van der Waals surface area contributed by atoms with E-state index in [0.717, 1.165) is 0 Å². The first-order valence-corrected chi connectivity index (χ1v) is 12.8. The van der Waals surface area contributed by atoms with Gasteiger partial charge in [-0.3, -0.25) is 14.4 Å². The van der Waals surface area contributed by atoms with Crippen molar-refractivity contribution in [1.29, 1.82) is 0 Å². The SMILES string of the molecule is CSCCC(N)C(=O)NC(C(=O)NC(C(=O)NC(CCSC)C(=O)O)C(C)O)C(C)C. The van der Waals surface area contributed by atoms with Crippen LogP contribution in [0.2, 0.25) is 0 Å². The first-order chi connectivity index (χ1) is 14.5. The number of carbonyl (C=O) groups is 4. The molecule has 5 unspecified atom stereocenters. The monoisotopic (exact) mass is 480 g/mol. The van der Waals surface area contributed by atoms with Crippen LogP contribution in [0.25, 0.3) is 0 Å². The minimum atomic E-state index is -1.38. The van der Waals surface area contributed by atoms with E-state index in [1.165, 1.54) is 18.7 Å². The molecule has 0 aliphatic carbocycles. The van der Waals surface area contributed by atoms with Gasteiger partial charge in [-0.15, -0.1) is 0 Å². The number of amides is 3. The molecule has 0 fully saturated rings. The Morgan fingerprint density at radius 3 is 1.77 bits per heavy atom. The lowest BCUT2D eigenvalue weighted by Crippen LogP contribution is -2.60. The molecule has 0 saturated heterocycles. The predicted molar refractivity (Wildman–Crippen MR) is 124 cm³/mol. The lowest BCUT2D eigenvalue weighted by Gasteiger charge is -2.28. The zero-order valence-corrected chi connectivity index (χ0v) is 20.3. The van der Waals surface area contributed by atoms with E-state index in [1.54, 1.807) is 25.6 Å². The van der Waals surface area contributed by atoms with Gasteiger partial charge in [0.15, 0.2) is 0 Å². The summed E-state index contributed by atoms with van der Waals surface area (Å²) in [5.74, 6) is -2.28. The number of aliphatic hydroxyl groups excluding tert-OH is 1. The predicted octanol–water partition coefficient (Wildman–Crippen LogP) is -0.604. The number of carboxylic acid groups (broad SMARTS) is 1. The van der Waals surface area contributed by atoms with E-state index in [4.69, 9.17) is 5.73 Å². The number of carbonyl (C=O) groups excluding carboxylic acids is 3. The number of thioether (sulfide) groups is 2. The fourth-order valence-electron chi connectivity index (χ4n) is 2.57. The first kappa shape index (κ1) is 29.5. The Hall–Kier alpha value is -1.50. The Kier molecular flexibility index (Phi) is 14.6. The molecule has 0 radical (unpaired) electrons.